The van der Waals surface area contributed by atoms with E-state index < -0.39 is 0 Å². The molecule has 0 N–H and O–H groups in total. The molecule has 0 aromatic carbocycles. The van der Waals surface area contributed by atoms with Gasteiger partial charge in [-0.2, -0.15) is 9.97 Å². The number of anilines is 1. The molecule has 2 saturated heterocycles. The molecule has 0 aliphatic carbocycles. The number of hydrogen-bond acceptors (Lipinski definition) is 8. The molecule has 0 atom stereocenters. The van der Waals surface area contributed by atoms with E-state index in [1.54, 1.807) is 11.3 Å². The Labute approximate surface area is 161 Å². The van der Waals surface area contributed by atoms with Gasteiger partial charge in [-0.3, -0.25) is 4.90 Å². The van der Waals surface area contributed by atoms with Gasteiger partial charge >= 0.3 is 0 Å². The van der Waals surface area contributed by atoms with Gasteiger partial charge in [0.1, 0.15) is 9.71 Å². The third kappa shape index (κ3) is 3.15. The Bertz CT molecular complexity index is 849. The van der Waals surface area contributed by atoms with Crippen LogP contribution in [0.2, 0.25) is 5.28 Å². The lowest BCUT2D eigenvalue weighted by Crippen LogP contribution is -2.42. The average molecular weight is 393 g/mol. The summed E-state index contributed by atoms with van der Waals surface area (Å²) in [7, 11) is 0. The summed E-state index contributed by atoms with van der Waals surface area (Å²) in [4.78, 5) is 20.8. The zero-order chi connectivity index (χ0) is 17.5. The highest BCUT2D eigenvalue weighted by Gasteiger charge is 2.25. The van der Waals surface area contributed by atoms with Gasteiger partial charge in [0.15, 0.2) is 11.5 Å². The molecule has 5 rings (SSSR count). The Morgan fingerprint density at radius 2 is 1.92 bits per heavy atom. The average Bonchev–Trinajstić information content (AvgIpc) is 3.27. The largest absolute Gasteiger partial charge is 0.378 e. The molecule has 0 radical (unpaired) electrons. The minimum absolute atomic E-state index is 0.264. The van der Waals surface area contributed by atoms with Crippen LogP contribution in [0.4, 0.5) is 5.82 Å². The molecule has 9 heteroatoms. The van der Waals surface area contributed by atoms with Crippen LogP contribution in [0.15, 0.2) is 11.8 Å². The molecule has 2 aromatic heterocycles. The van der Waals surface area contributed by atoms with Crippen molar-refractivity contribution >= 4 is 39.1 Å². The number of nitrogens with zero attached hydrogens (tertiary/aromatic N) is 6. The van der Waals surface area contributed by atoms with Crippen molar-refractivity contribution in [2.75, 3.05) is 57.4 Å². The fraction of sp³-hybridized carbons (Fsp3) is 0.588. The standard InChI is InChI=1S/C17H21ClN6OS/c18-17-20-15-14(16(21-17)24-6-8-25-9-7-24)26-13(19-15)11-22-4-5-23-3-1-2-12(23)10-22/h2H,1,3-11H2. The Balaban J connectivity index is 1.40. The molecule has 0 amide bonds. The number of rotatable bonds is 3. The molecule has 3 aliphatic heterocycles. The van der Waals surface area contributed by atoms with E-state index in [1.165, 1.54) is 18.7 Å². The quantitative estimate of drug-likeness (QED) is 0.740. The van der Waals surface area contributed by atoms with Crippen LogP contribution in [0.25, 0.3) is 10.3 Å². The first-order valence-electron chi connectivity index (χ1n) is 9.08. The predicted molar refractivity (Wildman–Crippen MR) is 103 cm³/mol. The molecule has 0 unspecified atom stereocenters. The van der Waals surface area contributed by atoms with E-state index in [-0.39, 0.29) is 5.28 Å². The predicted octanol–water partition coefficient (Wildman–Crippen LogP) is 1.98. The first kappa shape index (κ1) is 16.7. The molecule has 2 aromatic rings. The van der Waals surface area contributed by atoms with Crippen LogP contribution < -0.4 is 4.90 Å². The van der Waals surface area contributed by atoms with Gasteiger partial charge in [0, 0.05) is 45.0 Å². The van der Waals surface area contributed by atoms with Crippen molar-refractivity contribution in [1.29, 1.82) is 0 Å². The van der Waals surface area contributed by atoms with Crippen molar-refractivity contribution in [3.63, 3.8) is 0 Å². The number of hydrogen-bond donors (Lipinski definition) is 0. The van der Waals surface area contributed by atoms with Gasteiger partial charge in [0.25, 0.3) is 0 Å². The Kier molecular flexibility index (Phi) is 4.44. The van der Waals surface area contributed by atoms with Gasteiger partial charge in [-0.25, -0.2) is 4.98 Å². The van der Waals surface area contributed by atoms with Crippen LogP contribution in [0, 0.1) is 0 Å². The van der Waals surface area contributed by atoms with Gasteiger partial charge in [-0.05, 0) is 18.0 Å². The Hall–Kier alpha value is -1.48. The summed E-state index contributed by atoms with van der Waals surface area (Å²) in [5.74, 6) is 0.898. The summed E-state index contributed by atoms with van der Waals surface area (Å²) in [6.07, 6.45) is 3.55. The molecule has 0 spiro atoms. The van der Waals surface area contributed by atoms with E-state index >= 15 is 0 Å². The van der Waals surface area contributed by atoms with Crippen molar-refractivity contribution in [1.82, 2.24) is 24.8 Å². The number of ether oxygens (including phenoxy) is 1. The molecule has 5 heterocycles. The van der Waals surface area contributed by atoms with Gasteiger partial charge in [0.05, 0.1) is 19.8 Å². The maximum atomic E-state index is 6.17. The highest BCUT2D eigenvalue weighted by molar-refractivity contribution is 7.19. The monoisotopic (exact) mass is 392 g/mol. The number of morpholine rings is 1. The van der Waals surface area contributed by atoms with Crippen molar-refractivity contribution in [3.8, 4) is 0 Å². The van der Waals surface area contributed by atoms with Crippen molar-refractivity contribution in [2.24, 2.45) is 0 Å². The maximum Gasteiger partial charge on any atom is 0.226 e. The van der Waals surface area contributed by atoms with Crippen LogP contribution in [0.1, 0.15) is 11.4 Å². The van der Waals surface area contributed by atoms with Crippen LogP contribution in [0.5, 0.6) is 0 Å². The maximum absolute atomic E-state index is 6.17. The molecule has 3 aliphatic rings. The fourth-order valence-corrected chi connectivity index (χ4v) is 5.08. The van der Waals surface area contributed by atoms with Crippen molar-refractivity contribution in [3.05, 3.63) is 22.1 Å². The van der Waals surface area contributed by atoms with Crippen LogP contribution in [-0.2, 0) is 11.3 Å². The van der Waals surface area contributed by atoms with Crippen LogP contribution in [-0.4, -0.2) is 77.2 Å². The van der Waals surface area contributed by atoms with Crippen molar-refractivity contribution < 1.29 is 4.74 Å². The highest BCUT2D eigenvalue weighted by Crippen LogP contribution is 2.32. The molecule has 0 bridgehead atoms. The number of fused-ring (bicyclic) bond motifs is 2. The summed E-state index contributed by atoms with van der Waals surface area (Å²) in [6, 6.07) is 0. The fourth-order valence-electron chi connectivity index (χ4n) is 3.86. The lowest BCUT2D eigenvalue weighted by Gasteiger charge is -2.35. The molecule has 138 valence electrons. The van der Waals surface area contributed by atoms with Gasteiger partial charge in [0.2, 0.25) is 5.28 Å². The van der Waals surface area contributed by atoms with Crippen LogP contribution in [0.3, 0.4) is 0 Å². The minimum Gasteiger partial charge on any atom is -0.378 e. The number of aromatic nitrogens is 3. The number of thiazole rings is 1. The third-order valence-electron chi connectivity index (χ3n) is 5.18. The molecule has 0 saturated carbocycles. The smallest absolute Gasteiger partial charge is 0.226 e. The second-order valence-electron chi connectivity index (χ2n) is 6.86. The van der Waals surface area contributed by atoms with E-state index in [0.717, 1.165) is 54.8 Å². The normalized spacial score (nSPS) is 21.3. The molecular formula is C17H21ClN6OS. The van der Waals surface area contributed by atoms with Gasteiger partial charge < -0.3 is 14.5 Å². The summed E-state index contributed by atoms with van der Waals surface area (Å²) < 4.78 is 6.49. The SMILES string of the molecule is Clc1nc(N2CCOCC2)c2sc(CN3CCN4CCC=C4C3)nc2n1. The van der Waals surface area contributed by atoms with Crippen LogP contribution >= 0.6 is 22.9 Å². The summed E-state index contributed by atoms with van der Waals surface area (Å²) >= 11 is 7.86. The zero-order valence-corrected chi connectivity index (χ0v) is 16.1. The molecule has 26 heavy (non-hydrogen) atoms. The van der Waals surface area contributed by atoms with E-state index in [9.17, 15) is 0 Å². The molecular weight excluding hydrogens is 372 g/mol. The number of piperazine rings is 1. The van der Waals surface area contributed by atoms with E-state index in [4.69, 9.17) is 21.3 Å². The Morgan fingerprint density at radius 1 is 1.04 bits per heavy atom. The lowest BCUT2D eigenvalue weighted by atomic mass is 10.3. The van der Waals surface area contributed by atoms with Crippen molar-refractivity contribution in [2.45, 2.75) is 13.0 Å². The van der Waals surface area contributed by atoms with Gasteiger partial charge in [-0.1, -0.05) is 6.08 Å². The topological polar surface area (TPSA) is 57.6 Å². The first-order valence-corrected chi connectivity index (χ1v) is 10.3. The zero-order valence-electron chi connectivity index (χ0n) is 14.5. The first-order chi connectivity index (χ1) is 12.8. The third-order valence-corrected chi connectivity index (χ3v) is 6.37. The minimum atomic E-state index is 0.264. The summed E-state index contributed by atoms with van der Waals surface area (Å²) in [6.45, 7) is 8.32. The molecule has 2 fully saturated rings. The summed E-state index contributed by atoms with van der Waals surface area (Å²) in [5, 5.41) is 1.35. The highest BCUT2D eigenvalue weighted by atomic mass is 35.5. The van der Waals surface area contributed by atoms with Gasteiger partial charge in [-0.15, -0.1) is 11.3 Å². The molecule has 7 nitrogen and oxygen atoms in total. The van der Waals surface area contributed by atoms with E-state index in [1.807, 2.05) is 0 Å². The Morgan fingerprint density at radius 3 is 2.81 bits per heavy atom. The second-order valence-corrected chi connectivity index (χ2v) is 8.28. The van der Waals surface area contributed by atoms with E-state index in [2.05, 4.69) is 30.7 Å². The summed E-state index contributed by atoms with van der Waals surface area (Å²) in [5.41, 5.74) is 2.18. The van der Waals surface area contributed by atoms with E-state index in [0.29, 0.717) is 18.9 Å². The lowest BCUT2D eigenvalue weighted by molar-refractivity contribution is 0.122. The number of halogens is 1. The second kappa shape index (κ2) is 6.92.